The maximum atomic E-state index is 14.0. The van der Waals surface area contributed by atoms with Gasteiger partial charge in [0.25, 0.3) is 5.91 Å². The normalized spacial score (nSPS) is 14.1. The number of hydrogen-bond acceptors (Lipinski definition) is 4. The molecule has 0 aliphatic carbocycles. The predicted molar refractivity (Wildman–Crippen MR) is 146 cm³/mol. The van der Waals surface area contributed by atoms with Crippen LogP contribution in [0, 0.1) is 5.82 Å². The van der Waals surface area contributed by atoms with Gasteiger partial charge >= 0.3 is 0 Å². The monoisotopic (exact) mass is 547 g/mol. The van der Waals surface area contributed by atoms with Gasteiger partial charge in [0.2, 0.25) is 0 Å². The van der Waals surface area contributed by atoms with Crippen molar-refractivity contribution in [2.45, 2.75) is 6.54 Å². The molecule has 5 nitrogen and oxygen atoms in total. The van der Waals surface area contributed by atoms with Gasteiger partial charge in [-0.05, 0) is 63.1 Å². The van der Waals surface area contributed by atoms with E-state index < -0.39 is 0 Å². The van der Waals surface area contributed by atoms with Crippen LogP contribution in [0.4, 0.5) is 15.8 Å². The van der Waals surface area contributed by atoms with Crippen LogP contribution in [0.15, 0.2) is 83.3 Å². The molecule has 36 heavy (non-hydrogen) atoms. The van der Waals surface area contributed by atoms with Gasteiger partial charge in [0, 0.05) is 49.7 Å². The zero-order valence-electron chi connectivity index (χ0n) is 20.0. The Hall–Kier alpha value is -3.42. The minimum absolute atomic E-state index is 0.147. The molecule has 0 spiro atoms. The highest BCUT2D eigenvalue weighted by Crippen LogP contribution is 2.37. The number of methoxy groups -OCH3 is 1. The summed E-state index contributed by atoms with van der Waals surface area (Å²) in [5.41, 5.74) is 3.03. The average Bonchev–Trinajstić information content (AvgIpc) is 2.91. The quantitative estimate of drug-likeness (QED) is 0.306. The standard InChI is InChI=1S/C29H27BrFN3O2/c1-36-28-25(18-20-6-2-4-8-24(20)27(28)30)29(35)32-22-10-12-23(13-11-22)34-16-14-33(15-17-34)19-21-7-3-5-9-26(21)31/h2-13,18H,14-17,19H2,1H3,(H,32,35). The van der Waals surface area contributed by atoms with Crippen LogP contribution in [0.25, 0.3) is 10.8 Å². The number of amides is 1. The molecule has 0 atom stereocenters. The van der Waals surface area contributed by atoms with E-state index in [9.17, 15) is 9.18 Å². The molecule has 1 aliphatic heterocycles. The number of ether oxygens (including phenoxy) is 1. The van der Waals surface area contributed by atoms with Crippen molar-refractivity contribution < 1.29 is 13.9 Å². The molecule has 1 fully saturated rings. The lowest BCUT2D eigenvalue weighted by molar-refractivity contribution is 0.102. The fourth-order valence-corrected chi connectivity index (χ4v) is 5.37. The summed E-state index contributed by atoms with van der Waals surface area (Å²) in [4.78, 5) is 17.7. The van der Waals surface area contributed by atoms with Gasteiger partial charge in [-0.25, -0.2) is 4.39 Å². The van der Waals surface area contributed by atoms with Crippen LogP contribution in [0.1, 0.15) is 15.9 Å². The number of nitrogens with zero attached hydrogens (tertiary/aromatic N) is 2. The zero-order chi connectivity index (χ0) is 25.1. The molecule has 1 N–H and O–H groups in total. The van der Waals surface area contributed by atoms with Gasteiger partial charge in [-0.1, -0.05) is 42.5 Å². The van der Waals surface area contributed by atoms with Crippen molar-refractivity contribution in [1.82, 2.24) is 4.90 Å². The number of halogens is 2. The molecular formula is C29H27BrFN3O2. The molecule has 1 saturated heterocycles. The van der Waals surface area contributed by atoms with Crippen LogP contribution < -0.4 is 15.0 Å². The lowest BCUT2D eigenvalue weighted by atomic mass is 10.0. The van der Waals surface area contributed by atoms with Crippen LogP contribution in [-0.2, 0) is 6.54 Å². The van der Waals surface area contributed by atoms with E-state index in [1.165, 1.54) is 6.07 Å². The van der Waals surface area contributed by atoms with Gasteiger partial charge in [-0.3, -0.25) is 9.69 Å². The molecule has 0 radical (unpaired) electrons. The van der Waals surface area contributed by atoms with Crippen molar-refractivity contribution in [3.63, 3.8) is 0 Å². The number of anilines is 2. The molecular weight excluding hydrogens is 521 g/mol. The summed E-state index contributed by atoms with van der Waals surface area (Å²) in [6, 6.07) is 24.6. The first kappa shape index (κ1) is 24.3. The number of nitrogens with one attached hydrogen (secondary N) is 1. The average molecular weight is 548 g/mol. The van der Waals surface area contributed by atoms with Crippen molar-refractivity contribution in [1.29, 1.82) is 0 Å². The highest BCUT2D eigenvalue weighted by atomic mass is 79.9. The molecule has 0 saturated carbocycles. The molecule has 1 aliphatic rings. The Morgan fingerprint density at radius 2 is 1.67 bits per heavy atom. The fraction of sp³-hybridized carbons (Fsp3) is 0.207. The molecule has 1 heterocycles. The van der Waals surface area contributed by atoms with Crippen molar-refractivity contribution in [3.05, 3.63) is 100 Å². The highest BCUT2D eigenvalue weighted by Gasteiger charge is 2.20. The number of hydrogen-bond donors (Lipinski definition) is 1. The zero-order valence-corrected chi connectivity index (χ0v) is 21.6. The first-order chi connectivity index (χ1) is 17.5. The van der Waals surface area contributed by atoms with Gasteiger partial charge in [0.15, 0.2) is 0 Å². The van der Waals surface area contributed by atoms with Gasteiger partial charge in [0.1, 0.15) is 11.6 Å². The van der Waals surface area contributed by atoms with Crippen LogP contribution in [-0.4, -0.2) is 44.1 Å². The highest BCUT2D eigenvalue weighted by molar-refractivity contribution is 9.10. The predicted octanol–water partition coefficient (Wildman–Crippen LogP) is 6.32. The van der Waals surface area contributed by atoms with E-state index in [4.69, 9.17) is 4.74 Å². The van der Waals surface area contributed by atoms with Crippen molar-refractivity contribution in [2.75, 3.05) is 43.5 Å². The first-order valence-corrected chi connectivity index (χ1v) is 12.7. The molecule has 5 rings (SSSR count). The minimum atomic E-state index is -0.229. The van der Waals surface area contributed by atoms with Crippen molar-refractivity contribution in [3.8, 4) is 5.75 Å². The molecule has 0 unspecified atom stereocenters. The van der Waals surface area contributed by atoms with Gasteiger partial charge < -0.3 is 15.0 Å². The third kappa shape index (κ3) is 5.08. The smallest absolute Gasteiger partial charge is 0.259 e. The number of rotatable bonds is 6. The Labute approximate surface area is 218 Å². The summed E-state index contributed by atoms with van der Waals surface area (Å²) in [5.74, 6) is 0.134. The summed E-state index contributed by atoms with van der Waals surface area (Å²) >= 11 is 3.59. The van der Waals surface area contributed by atoms with E-state index in [0.29, 0.717) is 23.5 Å². The molecule has 0 aromatic heterocycles. The Balaban J connectivity index is 1.23. The minimum Gasteiger partial charge on any atom is -0.495 e. The summed E-state index contributed by atoms with van der Waals surface area (Å²) in [6.45, 7) is 4.08. The second-order valence-corrected chi connectivity index (χ2v) is 9.64. The SMILES string of the molecule is COc1c(C(=O)Nc2ccc(N3CCN(Cc4ccccc4F)CC3)cc2)cc2ccccc2c1Br. The van der Waals surface area contributed by atoms with E-state index >= 15 is 0 Å². The number of carbonyl (C=O) groups excluding carboxylic acids is 1. The van der Waals surface area contributed by atoms with Gasteiger partial charge in [-0.15, -0.1) is 0 Å². The molecule has 0 bridgehead atoms. The maximum Gasteiger partial charge on any atom is 0.259 e. The lowest BCUT2D eigenvalue weighted by Crippen LogP contribution is -2.46. The van der Waals surface area contributed by atoms with Crippen molar-refractivity contribution >= 4 is 44.0 Å². The molecule has 4 aromatic rings. The lowest BCUT2D eigenvalue weighted by Gasteiger charge is -2.36. The largest absolute Gasteiger partial charge is 0.495 e. The third-order valence-corrected chi connectivity index (χ3v) is 7.39. The summed E-state index contributed by atoms with van der Waals surface area (Å²) in [6.07, 6.45) is 0. The number of carbonyl (C=O) groups is 1. The first-order valence-electron chi connectivity index (χ1n) is 11.9. The number of benzene rings is 4. The van der Waals surface area contributed by atoms with Crippen LogP contribution in [0.3, 0.4) is 0 Å². The van der Waals surface area contributed by atoms with E-state index in [1.807, 2.05) is 66.7 Å². The molecule has 7 heteroatoms. The Morgan fingerprint density at radius 3 is 2.39 bits per heavy atom. The fourth-order valence-electron chi connectivity index (χ4n) is 4.64. The molecule has 4 aromatic carbocycles. The third-order valence-electron chi connectivity index (χ3n) is 6.60. The second kappa shape index (κ2) is 10.7. The van der Waals surface area contributed by atoms with Crippen LogP contribution in [0.5, 0.6) is 5.75 Å². The number of fused-ring (bicyclic) bond motifs is 1. The van der Waals surface area contributed by atoms with Crippen LogP contribution in [0.2, 0.25) is 0 Å². The molecule has 184 valence electrons. The second-order valence-electron chi connectivity index (χ2n) is 8.85. The Morgan fingerprint density at radius 1 is 0.972 bits per heavy atom. The topological polar surface area (TPSA) is 44.8 Å². The van der Waals surface area contributed by atoms with Crippen molar-refractivity contribution in [2.24, 2.45) is 0 Å². The summed E-state index contributed by atoms with van der Waals surface area (Å²) in [5, 5.41) is 4.94. The summed E-state index contributed by atoms with van der Waals surface area (Å²) < 4.78 is 20.3. The van der Waals surface area contributed by atoms with E-state index in [2.05, 4.69) is 31.0 Å². The Kier molecular flexibility index (Phi) is 7.20. The Bertz CT molecular complexity index is 1390. The van der Waals surface area contributed by atoms with Gasteiger partial charge in [-0.2, -0.15) is 0 Å². The molecule has 1 amide bonds. The van der Waals surface area contributed by atoms with E-state index in [1.54, 1.807) is 13.2 Å². The maximum absolute atomic E-state index is 14.0. The number of piperazine rings is 1. The van der Waals surface area contributed by atoms with Gasteiger partial charge in [0.05, 0.1) is 17.1 Å². The van der Waals surface area contributed by atoms with E-state index in [-0.39, 0.29) is 11.7 Å². The summed E-state index contributed by atoms with van der Waals surface area (Å²) in [7, 11) is 1.57. The van der Waals surface area contributed by atoms with E-state index in [0.717, 1.165) is 52.7 Å². The van der Waals surface area contributed by atoms with Crippen LogP contribution >= 0.6 is 15.9 Å².